The lowest BCUT2D eigenvalue weighted by Gasteiger charge is -2.17. The van der Waals surface area contributed by atoms with Crippen molar-refractivity contribution in [1.29, 1.82) is 0 Å². The predicted molar refractivity (Wildman–Crippen MR) is 81.5 cm³/mol. The van der Waals surface area contributed by atoms with Crippen LogP contribution in [0.25, 0.3) is 11.3 Å². The monoisotopic (exact) mass is 308 g/mol. The van der Waals surface area contributed by atoms with Crippen LogP contribution in [-0.4, -0.2) is 26.2 Å². The van der Waals surface area contributed by atoms with Gasteiger partial charge in [0.1, 0.15) is 10.8 Å². The quantitative estimate of drug-likeness (QED) is 0.942. The van der Waals surface area contributed by atoms with Crippen LogP contribution in [0.1, 0.15) is 16.1 Å². The summed E-state index contributed by atoms with van der Waals surface area (Å²) < 4.78 is 22.6. The van der Waals surface area contributed by atoms with Gasteiger partial charge in [0.05, 0.1) is 5.69 Å². The third-order valence-corrected chi connectivity index (χ3v) is 5.16. The fraction of sp³-hybridized carbons (Fsp3) is 0.357. The Kier molecular flexibility index (Phi) is 3.62. The lowest BCUT2D eigenvalue weighted by atomic mass is 9.98. The molecule has 106 valence electrons. The minimum Gasteiger partial charge on any atom is -0.312 e. The van der Waals surface area contributed by atoms with Crippen LogP contribution >= 0.6 is 11.3 Å². The molecule has 0 saturated heterocycles. The largest absolute Gasteiger partial charge is 0.312 e. The van der Waals surface area contributed by atoms with Gasteiger partial charge >= 0.3 is 0 Å². The Labute approximate surface area is 122 Å². The molecule has 1 aliphatic rings. The van der Waals surface area contributed by atoms with E-state index in [2.05, 4.69) is 28.5 Å². The second kappa shape index (κ2) is 5.27. The van der Waals surface area contributed by atoms with Crippen LogP contribution < -0.4 is 5.32 Å². The van der Waals surface area contributed by atoms with E-state index in [-0.39, 0.29) is 5.75 Å². The number of rotatable bonds is 3. The fourth-order valence-electron chi connectivity index (χ4n) is 2.37. The first-order chi connectivity index (χ1) is 9.51. The minimum atomic E-state index is -3.02. The smallest absolute Gasteiger partial charge is 0.153 e. The average Bonchev–Trinajstić information content (AvgIpc) is 2.84. The van der Waals surface area contributed by atoms with Gasteiger partial charge < -0.3 is 5.32 Å². The molecular formula is C14H16N2O2S2. The molecule has 4 nitrogen and oxygen atoms in total. The summed E-state index contributed by atoms with van der Waals surface area (Å²) in [6.07, 6.45) is 2.27. The normalized spacial score (nSPS) is 15.1. The van der Waals surface area contributed by atoms with E-state index >= 15 is 0 Å². The van der Waals surface area contributed by atoms with Crippen molar-refractivity contribution in [3.8, 4) is 11.3 Å². The maximum atomic E-state index is 11.3. The highest BCUT2D eigenvalue weighted by Crippen LogP contribution is 2.26. The Morgan fingerprint density at radius 1 is 1.35 bits per heavy atom. The van der Waals surface area contributed by atoms with Crippen LogP contribution in [0.2, 0.25) is 0 Å². The van der Waals surface area contributed by atoms with Crippen LogP contribution in [0, 0.1) is 0 Å². The molecule has 0 saturated carbocycles. The van der Waals surface area contributed by atoms with Gasteiger partial charge in [-0.3, -0.25) is 0 Å². The van der Waals surface area contributed by atoms with E-state index in [0.29, 0.717) is 5.01 Å². The number of benzene rings is 1. The molecule has 0 spiro atoms. The molecule has 0 aliphatic carbocycles. The molecule has 1 aromatic heterocycles. The summed E-state index contributed by atoms with van der Waals surface area (Å²) in [6, 6.07) is 6.37. The molecule has 0 radical (unpaired) electrons. The Hall–Kier alpha value is -1.24. The van der Waals surface area contributed by atoms with Crippen molar-refractivity contribution in [2.45, 2.75) is 18.7 Å². The molecule has 2 aromatic rings. The van der Waals surface area contributed by atoms with Crippen molar-refractivity contribution in [2.75, 3.05) is 12.8 Å². The summed E-state index contributed by atoms with van der Waals surface area (Å²) in [5.74, 6) is 0.0204. The number of sulfone groups is 1. The van der Waals surface area contributed by atoms with E-state index in [9.17, 15) is 8.42 Å². The second-order valence-corrected chi connectivity index (χ2v) is 8.19. The first-order valence-electron chi connectivity index (χ1n) is 6.46. The Morgan fingerprint density at radius 3 is 3.00 bits per heavy atom. The van der Waals surface area contributed by atoms with Crippen LogP contribution in [0.3, 0.4) is 0 Å². The molecular weight excluding hydrogens is 292 g/mol. The highest BCUT2D eigenvalue weighted by atomic mass is 32.2. The summed E-state index contributed by atoms with van der Waals surface area (Å²) in [7, 11) is -3.02. The lowest BCUT2D eigenvalue weighted by molar-refractivity contribution is 0.601. The van der Waals surface area contributed by atoms with Crippen molar-refractivity contribution in [2.24, 2.45) is 0 Å². The number of hydrogen-bond donors (Lipinski definition) is 1. The molecule has 1 aromatic carbocycles. The van der Waals surface area contributed by atoms with E-state index in [1.165, 1.54) is 28.7 Å². The summed E-state index contributed by atoms with van der Waals surface area (Å²) >= 11 is 1.41. The number of fused-ring (bicyclic) bond motifs is 1. The Bertz CT molecular complexity index is 735. The minimum absolute atomic E-state index is 0.0204. The molecule has 1 N–H and O–H groups in total. The zero-order chi connectivity index (χ0) is 14.2. The van der Waals surface area contributed by atoms with Gasteiger partial charge in [-0.25, -0.2) is 13.4 Å². The summed E-state index contributed by atoms with van der Waals surface area (Å²) in [5, 5.41) is 5.94. The zero-order valence-electron chi connectivity index (χ0n) is 11.2. The van der Waals surface area contributed by atoms with Gasteiger partial charge in [-0.15, -0.1) is 11.3 Å². The molecule has 0 unspecified atom stereocenters. The van der Waals surface area contributed by atoms with E-state index in [1.807, 2.05) is 5.38 Å². The van der Waals surface area contributed by atoms with Gasteiger partial charge in [-0.1, -0.05) is 12.1 Å². The predicted octanol–water partition coefficient (Wildman–Crippen LogP) is 2.00. The topological polar surface area (TPSA) is 59.1 Å². The van der Waals surface area contributed by atoms with Gasteiger partial charge in [0.15, 0.2) is 9.84 Å². The van der Waals surface area contributed by atoms with Crippen LogP contribution in [0.15, 0.2) is 23.6 Å². The number of nitrogens with one attached hydrogen (secondary N) is 1. The molecule has 0 fully saturated rings. The van der Waals surface area contributed by atoms with Crippen LogP contribution in [0.5, 0.6) is 0 Å². The van der Waals surface area contributed by atoms with E-state index < -0.39 is 9.84 Å². The first-order valence-corrected chi connectivity index (χ1v) is 9.40. The van der Waals surface area contributed by atoms with Gasteiger partial charge in [-0.2, -0.15) is 0 Å². The van der Waals surface area contributed by atoms with E-state index in [0.717, 1.165) is 30.8 Å². The number of thiazole rings is 1. The average molecular weight is 308 g/mol. The standard InChI is InChI=1S/C14H16N2O2S2/c1-20(17,18)9-14-16-13(8-19-14)11-2-3-12-7-15-5-4-10(12)6-11/h2-3,6,8,15H,4-5,7,9H2,1H3. The van der Waals surface area contributed by atoms with Crippen molar-refractivity contribution in [3.05, 3.63) is 39.7 Å². The highest BCUT2D eigenvalue weighted by Gasteiger charge is 2.13. The summed E-state index contributed by atoms with van der Waals surface area (Å²) in [6.45, 7) is 1.93. The third kappa shape index (κ3) is 3.08. The summed E-state index contributed by atoms with van der Waals surface area (Å²) in [5.41, 5.74) is 4.64. The third-order valence-electron chi connectivity index (χ3n) is 3.33. The van der Waals surface area contributed by atoms with Gasteiger partial charge in [0.25, 0.3) is 0 Å². The summed E-state index contributed by atoms with van der Waals surface area (Å²) in [4.78, 5) is 4.44. The van der Waals surface area contributed by atoms with E-state index in [1.54, 1.807) is 0 Å². The SMILES string of the molecule is CS(=O)(=O)Cc1nc(-c2ccc3c(c2)CCNC3)cs1. The van der Waals surface area contributed by atoms with Gasteiger partial charge in [0.2, 0.25) is 0 Å². The second-order valence-electron chi connectivity index (χ2n) is 5.11. The molecule has 20 heavy (non-hydrogen) atoms. The maximum Gasteiger partial charge on any atom is 0.153 e. The number of nitrogens with zero attached hydrogens (tertiary/aromatic N) is 1. The molecule has 0 atom stereocenters. The Morgan fingerprint density at radius 2 is 2.20 bits per heavy atom. The molecule has 2 heterocycles. The van der Waals surface area contributed by atoms with Gasteiger partial charge in [-0.05, 0) is 30.2 Å². The molecule has 0 amide bonds. The lowest BCUT2D eigenvalue weighted by Crippen LogP contribution is -2.23. The van der Waals surface area contributed by atoms with Crippen LogP contribution in [-0.2, 0) is 28.6 Å². The van der Waals surface area contributed by atoms with Crippen molar-refractivity contribution in [3.63, 3.8) is 0 Å². The van der Waals surface area contributed by atoms with E-state index in [4.69, 9.17) is 0 Å². The molecule has 0 bridgehead atoms. The number of aromatic nitrogens is 1. The fourth-order valence-corrected chi connectivity index (χ4v) is 4.39. The molecule has 3 rings (SSSR count). The van der Waals surface area contributed by atoms with Crippen molar-refractivity contribution in [1.82, 2.24) is 10.3 Å². The van der Waals surface area contributed by atoms with Crippen molar-refractivity contribution < 1.29 is 8.42 Å². The van der Waals surface area contributed by atoms with Crippen LogP contribution in [0.4, 0.5) is 0 Å². The molecule has 1 aliphatic heterocycles. The molecule has 6 heteroatoms. The van der Waals surface area contributed by atoms with Gasteiger partial charge in [0, 0.05) is 23.7 Å². The highest BCUT2D eigenvalue weighted by molar-refractivity contribution is 7.90. The Balaban J connectivity index is 1.89. The maximum absolute atomic E-state index is 11.3. The first kappa shape index (κ1) is 13.7. The van der Waals surface area contributed by atoms with Crippen molar-refractivity contribution >= 4 is 21.2 Å². The zero-order valence-corrected chi connectivity index (χ0v) is 12.9. The number of hydrogen-bond acceptors (Lipinski definition) is 5.